The van der Waals surface area contributed by atoms with Gasteiger partial charge in [-0.15, -0.1) is 15.6 Å². The number of carboxylic acids is 1. The molecule has 1 saturated heterocycles. The van der Waals surface area contributed by atoms with Gasteiger partial charge in [-0.3, -0.25) is 14.1 Å². The van der Waals surface area contributed by atoms with Crippen molar-refractivity contribution < 1.29 is 50.9 Å². The number of amides is 1. The average molecular weight is 707 g/mol. The summed E-state index contributed by atoms with van der Waals surface area (Å²) in [6.07, 6.45) is -0.159. The van der Waals surface area contributed by atoms with Crippen LogP contribution in [0.1, 0.15) is 31.7 Å². The number of benzene rings is 1. The molecule has 1 aliphatic heterocycles. The number of ketones is 1. The number of nitrogens with zero attached hydrogens (tertiary/aromatic N) is 4. The Morgan fingerprint density at radius 1 is 1.21 bits per heavy atom. The van der Waals surface area contributed by atoms with Crippen LogP contribution in [0, 0.1) is 5.92 Å². The Morgan fingerprint density at radius 3 is 2.46 bits per heavy atom. The van der Waals surface area contributed by atoms with Crippen molar-refractivity contribution in [2.45, 2.75) is 38.5 Å². The Morgan fingerprint density at radius 2 is 1.90 bits per heavy atom. The molecule has 0 saturated carbocycles. The second-order valence-electron chi connectivity index (χ2n) is 11.2. The molecule has 3 heterocycles. The van der Waals surface area contributed by atoms with Gasteiger partial charge in [0.25, 0.3) is 12.0 Å². The van der Waals surface area contributed by atoms with Crippen LogP contribution in [0.3, 0.4) is 0 Å². The number of rotatable bonds is 17. The van der Waals surface area contributed by atoms with Crippen LogP contribution < -0.4 is 26.1 Å². The van der Waals surface area contributed by atoms with E-state index >= 15 is 0 Å². The number of oxime groups is 1. The number of Topliss-reactive ketones (excluding diaryl/α,β-unsaturated/α-hetero) is 1. The lowest BCUT2D eigenvalue weighted by Crippen LogP contribution is -2.68. The van der Waals surface area contributed by atoms with E-state index in [0.717, 1.165) is 28.2 Å². The molecule has 1 aromatic carbocycles. The Labute approximate surface area is 280 Å². The van der Waals surface area contributed by atoms with Crippen LogP contribution in [0.15, 0.2) is 53.1 Å². The molecule has 17 nitrogen and oxygen atoms in total. The molecule has 19 heteroatoms. The van der Waals surface area contributed by atoms with Crippen LogP contribution in [0.5, 0.6) is 5.75 Å². The summed E-state index contributed by atoms with van der Waals surface area (Å²) >= 11 is 0.988. The molecule has 2 atom stereocenters. The zero-order valence-electron chi connectivity index (χ0n) is 26.2. The fourth-order valence-electron chi connectivity index (χ4n) is 4.78. The zero-order chi connectivity index (χ0) is 35.2. The summed E-state index contributed by atoms with van der Waals surface area (Å²) in [6, 6.07) is 11.0. The number of nitrogen functional groups attached to an aromatic ring is 1. The number of aryl methyl sites for hydroxylation is 1. The van der Waals surface area contributed by atoms with Crippen molar-refractivity contribution in [2.24, 2.45) is 23.9 Å². The van der Waals surface area contributed by atoms with E-state index in [1.165, 1.54) is 19.2 Å². The molecule has 48 heavy (non-hydrogen) atoms. The second-order valence-corrected chi connectivity index (χ2v) is 13.1. The van der Waals surface area contributed by atoms with Gasteiger partial charge in [0.2, 0.25) is 0 Å². The fourth-order valence-corrected chi connectivity index (χ4v) is 5.78. The molecule has 3 aromatic rings. The Bertz CT molecular complexity index is 1800. The van der Waals surface area contributed by atoms with Crippen molar-refractivity contribution in [3.05, 3.63) is 59.4 Å². The van der Waals surface area contributed by atoms with E-state index in [1.54, 1.807) is 12.1 Å². The molecule has 258 valence electrons. The number of hydrogen-bond donors (Lipinski definition) is 5. The quantitative estimate of drug-likeness (QED) is 0.0319. The van der Waals surface area contributed by atoms with Gasteiger partial charge in [-0.05, 0) is 37.6 Å². The highest BCUT2D eigenvalue weighted by Crippen LogP contribution is 2.40. The van der Waals surface area contributed by atoms with E-state index in [0.29, 0.717) is 30.4 Å². The molecule has 0 spiro atoms. The number of hydroxylamine groups is 2. The maximum Gasteiger partial charge on any atom is 0.418 e. The van der Waals surface area contributed by atoms with Gasteiger partial charge in [-0.25, -0.2) is 14.3 Å². The first kappa shape index (κ1) is 36.3. The predicted molar refractivity (Wildman–Crippen MR) is 172 cm³/mol. The van der Waals surface area contributed by atoms with Crippen LogP contribution in [0.2, 0.25) is 0 Å². The van der Waals surface area contributed by atoms with Gasteiger partial charge in [-0.2, -0.15) is 13.5 Å². The van der Waals surface area contributed by atoms with Gasteiger partial charge >= 0.3 is 16.4 Å². The first-order valence-corrected chi connectivity index (χ1v) is 16.7. The van der Waals surface area contributed by atoms with Crippen LogP contribution in [0.4, 0.5) is 5.13 Å². The molecule has 2 aromatic heterocycles. The van der Waals surface area contributed by atoms with E-state index in [2.05, 4.69) is 19.7 Å². The van der Waals surface area contributed by atoms with Gasteiger partial charge < -0.3 is 31.5 Å². The van der Waals surface area contributed by atoms with Crippen LogP contribution in [-0.2, 0) is 47.5 Å². The summed E-state index contributed by atoms with van der Waals surface area (Å²) in [5, 5.41) is 18.7. The summed E-state index contributed by atoms with van der Waals surface area (Å²) in [4.78, 5) is 47.2. The van der Waals surface area contributed by atoms with Gasteiger partial charge in [0.1, 0.15) is 25.1 Å². The summed E-state index contributed by atoms with van der Waals surface area (Å²) in [7, 11) is -3.04. The van der Waals surface area contributed by atoms with Crippen LogP contribution >= 0.6 is 11.3 Å². The molecular formula is C29H36N7O10S2+. The molecule has 4 rings (SSSR count). The normalized spacial score (nSPS) is 16.7. The molecule has 0 bridgehead atoms. The number of anilines is 1. The van der Waals surface area contributed by atoms with Gasteiger partial charge in [0, 0.05) is 36.5 Å². The predicted octanol–water partition coefficient (Wildman–Crippen LogP) is 0.449. The number of thiazole rings is 1. The van der Waals surface area contributed by atoms with Crippen molar-refractivity contribution in [1.29, 1.82) is 0 Å². The number of carbonyl (C=O) groups is 3. The minimum absolute atomic E-state index is 0.0213. The van der Waals surface area contributed by atoms with Crippen molar-refractivity contribution in [1.82, 2.24) is 15.4 Å². The smallest absolute Gasteiger partial charge is 0.418 e. The van der Waals surface area contributed by atoms with E-state index in [4.69, 9.17) is 25.6 Å². The minimum Gasteiger partial charge on any atom is -0.489 e. The number of hydrogen-bond acceptors (Lipinski definition) is 14. The zero-order valence-corrected chi connectivity index (χ0v) is 27.9. The lowest BCUT2D eigenvalue weighted by atomic mass is 9.74. The van der Waals surface area contributed by atoms with Gasteiger partial charge in [0.15, 0.2) is 28.5 Å². The number of aliphatic carboxylic acids is 1. The average Bonchev–Trinajstić information content (AvgIpc) is 3.46. The van der Waals surface area contributed by atoms with E-state index in [-0.39, 0.29) is 10.8 Å². The maximum atomic E-state index is 13.3. The number of carboxylic acid groups (broad SMARTS) is 1. The Balaban J connectivity index is 1.43. The first-order valence-electron chi connectivity index (χ1n) is 14.5. The summed E-state index contributed by atoms with van der Waals surface area (Å²) in [5.74, 6) is -3.80. The van der Waals surface area contributed by atoms with E-state index in [1.807, 2.05) is 42.1 Å². The summed E-state index contributed by atoms with van der Waals surface area (Å²) in [5.41, 5.74) is 12.4. The van der Waals surface area contributed by atoms with Gasteiger partial charge in [-0.1, -0.05) is 17.3 Å². The molecule has 1 amide bonds. The van der Waals surface area contributed by atoms with Crippen molar-refractivity contribution in [3.63, 3.8) is 0 Å². The Kier molecular flexibility index (Phi) is 11.4. The molecule has 0 radical (unpaired) electrons. The molecule has 7 N–H and O–H groups in total. The maximum absolute atomic E-state index is 13.3. The highest BCUT2D eigenvalue weighted by molar-refractivity contribution is 7.80. The van der Waals surface area contributed by atoms with Crippen molar-refractivity contribution in [2.75, 3.05) is 25.4 Å². The number of nitrogens with one attached hydrogen (secondary N) is 1. The third kappa shape index (κ3) is 8.88. The standard InChI is InChI=1S/C29H35N7O10S2/c1-29(2)21(26(38)36(29)46-48(41,42)43)12-23(37)25(22-16-47-28(31)33-22)34-45-24(27(39)40)15-44-20-8-5-17(6-9-20)18-4-7-19(35(3)14-18)13-32-11-10-30/h4-9,14,16,21,24,32H,10-13,15,30H2,1-3H3,(H3-,31,33,39,40,41,42,43)/p+1/b34-25-/t21-,24?/m1/s1. The largest absolute Gasteiger partial charge is 0.489 e. The third-order valence-electron chi connectivity index (χ3n) is 7.47. The molecule has 1 unspecified atom stereocenters. The van der Waals surface area contributed by atoms with Crippen molar-refractivity contribution in [3.8, 4) is 16.9 Å². The molecular weight excluding hydrogens is 670 g/mol. The topological polar surface area (TPSA) is 250 Å². The monoisotopic (exact) mass is 706 g/mol. The highest BCUT2D eigenvalue weighted by atomic mass is 32.3. The Hall–Kier alpha value is -4.53. The van der Waals surface area contributed by atoms with Crippen LogP contribution in [0.25, 0.3) is 11.1 Å². The van der Waals surface area contributed by atoms with E-state index in [9.17, 15) is 27.9 Å². The number of ether oxygens (including phenoxy) is 1. The molecule has 1 aliphatic rings. The minimum atomic E-state index is -4.99. The molecule has 0 aliphatic carbocycles. The lowest BCUT2D eigenvalue weighted by molar-refractivity contribution is -0.678. The number of nitrogens with two attached hydrogens (primary N) is 2. The van der Waals surface area contributed by atoms with Crippen molar-refractivity contribution >= 4 is 50.2 Å². The number of β-lactam (4-membered cyclic amide) rings is 1. The summed E-state index contributed by atoms with van der Waals surface area (Å²) < 4.78 is 43.2. The number of pyridine rings is 1. The SMILES string of the molecule is C[n+]1cc(-c2ccc(OCC(O/N=C(\C(=O)C[C@@H]3C(=O)N(OS(=O)(=O)O)C3(C)C)c3csc(N)n3)C(=O)O)cc2)ccc1CNCCN. The number of carbonyl (C=O) groups excluding carboxylic acids is 2. The number of aromatic nitrogens is 2. The fraction of sp³-hybridized carbons (Fsp3) is 0.379. The molecule has 1 fully saturated rings. The van der Waals surface area contributed by atoms with E-state index < -0.39 is 64.4 Å². The lowest BCUT2D eigenvalue weighted by Gasteiger charge is -2.50. The van der Waals surface area contributed by atoms with Gasteiger partial charge in [0.05, 0.1) is 18.0 Å². The van der Waals surface area contributed by atoms with Crippen LogP contribution in [-0.4, -0.2) is 82.8 Å². The summed E-state index contributed by atoms with van der Waals surface area (Å²) in [6.45, 7) is 4.31. The first-order chi connectivity index (χ1) is 22.6. The highest BCUT2D eigenvalue weighted by Gasteiger charge is 2.57. The second kappa shape index (κ2) is 15.1. The third-order valence-corrected chi connectivity index (χ3v) is 8.48.